The second kappa shape index (κ2) is 6.26. The monoisotopic (exact) mass is 266 g/mol. The highest BCUT2D eigenvalue weighted by Gasteiger charge is 2.17. The maximum absolute atomic E-state index is 10.1. The van der Waals surface area contributed by atoms with E-state index in [2.05, 4.69) is 5.32 Å². The molecule has 1 rings (SSSR count). The number of phenolic OH excluding ortho intramolecular Hbond substituents is 1. The molecule has 1 aromatic rings. The number of hydrogen-bond donors (Lipinski definition) is 3. The van der Waals surface area contributed by atoms with Crippen molar-refractivity contribution in [3.05, 3.63) is 23.8 Å². The summed E-state index contributed by atoms with van der Waals surface area (Å²) in [6.45, 7) is 8.98. The number of phenols is 1. The number of benzene rings is 1. The summed E-state index contributed by atoms with van der Waals surface area (Å²) in [5.74, 6) is 0.286. The minimum Gasteiger partial charge on any atom is -0.508 e. The van der Waals surface area contributed by atoms with Crippen molar-refractivity contribution in [3.63, 3.8) is 0 Å². The normalized spacial score (nSPS) is 13.4. The number of aromatic hydroxyl groups is 1. The van der Waals surface area contributed by atoms with Gasteiger partial charge in [0.1, 0.15) is 5.75 Å². The lowest BCUT2D eigenvalue weighted by Gasteiger charge is -2.28. The van der Waals surface area contributed by atoms with Crippen LogP contribution in [0.5, 0.6) is 5.75 Å². The van der Waals surface area contributed by atoms with Gasteiger partial charge in [-0.3, -0.25) is 0 Å². The van der Waals surface area contributed by atoms with Crippen molar-refractivity contribution in [1.29, 1.82) is 0 Å². The van der Waals surface area contributed by atoms with Crippen LogP contribution >= 0.6 is 0 Å². The summed E-state index contributed by atoms with van der Waals surface area (Å²) in [6.07, 6.45) is 0. The second-order valence-corrected chi connectivity index (χ2v) is 5.69. The van der Waals surface area contributed by atoms with Gasteiger partial charge in [0.25, 0.3) is 0 Å². The third kappa shape index (κ3) is 4.73. The summed E-state index contributed by atoms with van der Waals surface area (Å²) in [4.78, 5) is 1.93. The Hall–Kier alpha value is -1.26. The third-order valence-corrected chi connectivity index (χ3v) is 3.06. The predicted octanol–water partition coefficient (Wildman–Crippen LogP) is 2.27. The molecular formula is C15H26N2O2. The molecule has 108 valence electrons. The van der Waals surface area contributed by atoms with E-state index in [1.54, 1.807) is 19.9 Å². The van der Waals surface area contributed by atoms with Gasteiger partial charge in [0, 0.05) is 37.0 Å². The molecule has 1 unspecified atom stereocenters. The molecule has 19 heavy (non-hydrogen) atoms. The molecule has 0 fully saturated rings. The van der Waals surface area contributed by atoms with Gasteiger partial charge in [-0.2, -0.15) is 0 Å². The Bertz CT molecular complexity index is 413. The molecule has 0 radical (unpaired) electrons. The topological polar surface area (TPSA) is 55.7 Å². The van der Waals surface area contributed by atoms with Crippen molar-refractivity contribution in [1.82, 2.24) is 5.32 Å². The van der Waals surface area contributed by atoms with Crippen LogP contribution in [-0.4, -0.2) is 36.0 Å². The van der Waals surface area contributed by atoms with Crippen LogP contribution in [0, 0.1) is 0 Å². The fourth-order valence-corrected chi connectivity index (χ4v) is 2.22. The molecule has 3 N–H and O–H groups in total. The number of anilines is 1. The molecule has 0 aromatic heterocycles. The van der Waals surface area contributed by atoms with Crippen molar-refractivity contribution in [3.8, 4) is 5.75 Å². The van der Waals surface area contributed by atoms with Gasteiger partial charge in [0.05, 0.1) is 5.60 Å². The lowest BCUT2D eigenvalue weighted by atomic mass is 10.1. The molecule has 0 saturated carbocycles. The van der Waals surface area contributed by atoms with Gasteiger partial charge in [-0.05, 0) is 33.4 Å². The molecule has 4 heteroatoms. The Morgan fingerprint density at radius 3 is 2.47 bits per heavy atom. The Kier molecular flexibility index (Phi) is 5.20. The summed E-state index contributed by atoms with van der Waals surface area (Å²) in [5.41, 5.74) is 1.02. The zero-order valence-corrected chi connectivity index (χ0v) is 12.6. The Labute approximate surface area is 116 Å². The molecule has 4 nitrogen and oxygen atoms in total. The quantitative estimate of drug-likeness (QED) is 0.739. The smallest absolute Gasteiger partial charge is 0.122 e. The Morgan fingerprint density at radius 1 is 1.37 bits per heavy atom. The summed E-state index contributed by atoms with van der Waals surface area (Å²) in [5, 5.41) is 23.2. The fraction of sp³-hybridized carbons (Fsp3) is 0.600. The standard InChI is InChI=1S/C15H26N2O2/c1-6-16-11(2)13-8-7-12(9-14(13)18)17(5)10-15(3,4)19/h7-9,11,16,18-19H,6,10H2,1-5H3. The van der Waals surface area contributed by atoms with E-state index in [4.69, 9.17) is 0 Å². The Morgan fingerprint density at radius 2 is 2.00 bits per heavy atom. The summed E-state index contributed by atoms with van der Waals surface area (Å²) < 4.78 is 0. The molecule has 0 spiro atoms. The average molecular weight is 266 g/mol. The van der Waals surface area contributed by atoms with E-state index in [9.17, 15) is 10.2 Å². The summed E-state index contributed by atoms with van der Waals surface area (Å²) in [6, 6.07) is 5.77. The Balaban J connectivity index is 2.87. The number of likely N-dealkylation sites (N-methyl/N-ethyl adjacent to an activating group) is 1. The SMILES string of the molecule is CCNC(C)c1ccc(N(C)CC(C)(C)O)cc1O. The van der Waals surface area contributed by atoms with Crippen molar-refractivity contribution >= 4 is 5.69 Å². The average Bonchev–Trinajstić information content (AvgIpc) is 2.26. The number of aliphatic hydroxyl groups is 1. The first-order valence-corrected chi connectivity index (χ1v) is 6.74. The fourth-order valence-electron chi connectivity index (χ4n) is 2.22. The van der Waals surface area contributed by atoms with Gasteiger partial charge in [-0.25, -0.2) is 0 Å². The number of nitrogens with one attached hydrogen (secondary N) is 1. The molecule has 1 aromatic carbocycles. The van der Waals surface area contributed by atoms with Gasteiger partial charge in [-0.15, -0.1) is 0 Å². The first-order valence-electron chi connectivity index (χ1n) is 6.74. The zero-order valence-electron chi connectivity index (χ0n) is 12.6. The summed E-state index contributed by atoms with van der Waals surface area (Å²) in [7, 11) is 1.90. The highest BCUT2D eigenvalue weighted by molar-refractivity contribution is 5.53. The van der Waals surface area contributed by atoms with Crippen LogP contribution in [0.15, 0.2) is 18.2 Å². The molecular weight excluding hydrogens is 240 g/mol. The zero-order chi connectivity index (χ0) is 14.6. The molecule has 0 amide bonds. The lowest BCUT2D eigenvalue weighted by Crippen LogP contribution is -2.36. The van der Waals surface area contributed by atoms with E-state index in [1.165, 1.54) is 0 Å². The van der Waals surface area contributed by atoms with Crippen LogP contribution in [0.1, 0.15) is 39.3 Å². The van der Waals surface area contributed by atoms with E-state index in [0.717, 1.165) is 17.8 Å². The van der Waals surface area contributed by atoms with Crippen LogP contribution in [0.25, 0.3) is 0 Å². The minimum absolute atomic E-state index is 0.124. The highest BCUT2D eigenvalue weighted by atomic mass is 16.3. The van der Waals surface area contributed by atoms with Crippen LogP contribution < -0.4 is 10.2 Å². The van der Waals surface area contributed by atoms with Gasteiger partial charge in [0.15, 0.2) is 0 Å². The molecule has 0 saturated heterocycles. The molecule has 0 aliphatic rings. The maximum Gasteiger partial charge on any atom is 0.122 e. The lowest BCUT2D eigenvalue weighted by molar-refractivity contribution is 0.0886. The predicted molar refractivity (Wildman–Crippen MR) is 79.8 cm³/mol. The number of nitrogens with zero attached hydrogens (tertiary/aromatic N) is 1. The van der Waals surface area contributed by atoms with Crippen molar-refractivity contribution in [2.24, 2.45) is 0 Å². The van der Waals surface area contributed by atoms with Crippen molar-refractivity contribution in [2.75, 3.05) is 25.0 Å². The van der Waals surface area contributed by atoms with E-state index in [1.807, 2.05) is 37.9 Å². The largest absolute Gasteiger partial charge is 0.508 e. The summed E-state index contributed by atoms with van der Waals surface area (Å²) >= 11 is 0. The van der Waals surface area contributed by atoms with Gasteiger partial charge < -0.3 is 20.4 Å². The van der Waals surface area contributed by atoms with Crippen molar-refractivity contribution in [2.45, 2.75) is 39.3 Å². The van der Waals surface area contributed by atoms with Gasteiger partial charge in [-0.1, -0.05) is 13.0 Å². The molecule has 1 atom stereocenters. The van der Waals surface area contributed by atoms with E-state index in [-0.39, 0.29) is 11.8 Å². The van der Waals surface area contributed by atoms with E-state index < -0.39 is 5.60 Å². The maximum atomic E-state index is 10.1. The van der Waals surface area contributed by atoms with E-state index in [0.29, 0.717) is 6.54 Å². The van der Waals surface area contributed by atoms with Crippen molar-refractivity contribution < 1.29 is 10.2 Å². The van der Waals surface area contributed by atoms with E-state index >= 15 is 0 Å². The molecule has 0 bridgehead atoms. The van der Waals surface area contributed by atoms with Gasteiger partial charge >= 0.3 is 0 Å². The van der Waals surface area contributed by atoms with Crippen LogP contribution in [0.4, 0.5) is 5.69 Å². The first kappa shape index (κ1) is 15.8. The van der Waals surface area contributed by atoms with Crippen LogP contribution in [0.2, 0.25) is 0 Å². The molecule has 0 aliphatic carbocycles. The number of hydrogen-bond acceptors (Lipinski definition) is 4. The first-order chi connectivity index (χ1) is 8.74. The minimum atomic E-state index is -0.764. The van der Waals surface area contributed by atoms with Gasteiger partial charge in [0.2, 0.25) is 0 Å². The molecule has 0 heterocycles. The second-order valence-electron chi connectivity index (χ2n) is 5.69. The number of rotatable bonds is 6. The molecule has 0 aliphatic heterocycles. The van der Waals surface area contributed by atoms with Crippen LogP contribution in [-0.2, 0) is 0 Å². The van der Waals surface area contributed by atoms with Crippen LogP contribution in [0.3, 0.4) is 0 Å². The highest BCUT2D eigenvalue weighted by Crippen LogP contribution is 2.29. The third-order valence-electron chi connectivity index (χ3n) is 3.06.